The van der Waals surface area contributed by atoms with Crippen molar-refractivity contribution in [3.63, 3.8) is 0 Å². The molecule has 0 radical (unpaired) electrons. The van der Waals surface area contributed by atoms with Gasteiger partial charge in [-0.25, -0.2) is 10.2 Å². The fraction of sp³-hybridized carbons (Fsp3) is 0.148. The average Bonchev–Trinajstić information content (AvgIpc) is 3.22. The summed E-state index contributed by atoms with van der Waals surface area (Å²) >= 11 is 7.65. The number of carbonyl (C=O) groups excluding carboxylic acids is 2. The molecule has 4 rings (SSSR count). The molecule has 1 heterocycles. The predicted octanol–water partition coefficient (Wildman–Crippen LogP) is 6.72. The number of unbranched alkanes of at least 4 members (excludes halogenated alkanes) is 1. The van der Waals surface area contributed by atoms with Gasteiger partial charge in [0.25, 0.3) is 5.91 Å². The SMILES string of the molecule is CCCCOc1ccc(C(=O)NN=Cc2ccc(OC(=O)c3sc4ccccc4c3Cl)cc2)cc1. The number of esters is 1. The second kappa shape index (κ2) is 11.6. The molecule has 0 fully saturated rings. The van der Waals surface area contributed by atoms with E-state index in [-0.39, 0.29) is 5.91 Å². The molecule has 0 unspecified atom stereocenters. The Balaban J connectivity index is 1.30. The van der Waals surface area contributed by atoms with E-state index in [9.17, 15) is 9.59 Å². The summed E-state index contributed by atoms with van der Waals surface area (Å²) in [4.78, 5) is 25.2. The first-order chi connectivity index (χ1) is 17.0. The van der Waals surface area contributed by atoms with Crippen LogP contribution in [0.3, 0.4) is 0 Å². The molecule has 3 aromatic carbocycles. The number of nitrogens with zero attached hydrogens (tertiary/aromatic N) is 1. The fourth-order valence-corrected chi connectivity index (χ4v) is 4.57. The third-order valence-electron chi connectivity index (χ3n) is 5.07. The smallest absolute Gasteiger partial charge is 0.355 e. The van der Waals surface area contributed by atoms with Gasteiger partial charge in [0.1, 0.15) is 16.4 Å². The van der Waals surface area contributed by atoms with Crippen LogP contribution in [-0.2, 0) is 0 Å². The van der Waals surface area contributed by atoms with Gasteiger partial charge in [0.2, 0.25) is 0 Å². The number of carbonyl (C=O) groups is 2. The van der Waals surface area contributed by atoms with E-state index in [1.807, 2.05) is 24.3 Å². The number of hydrogen-bond donors (Lipinski definition) is 1. The van der Waals surface area contributed by atoms with Crippen LogP contribution in [0.4, 0.5) is 0 Å². The Bertz CT molecular complexity index is 1350. The van der Waals surface area contributed by atoms with E-state index in [1.54, 1.807) is 48.5 Å². The Morgan fingerprint density at radius 1 is 1.00 bits per heavy atom. The molecule has 0 saturated carbocycles. The lowest BCUT2D eigenvalue weighted by atomic mass is 10.2. The Morgan fingerprint density at radius 3 is 2.43 bits per heavy atom. The van der Waals surface area contributed by atoms with Gasteiger partial charge < -0.3 is 9.47 Å². The van der Waals surface area contributed by atoms with Crippen LogP contribution >= 0.6 is 22.9 Å². The number of fused-ring (bicyclic) bond motifs is 1. The zero-order chi connectivity index (χ0) is 24.6. The van der Waals surface area contributed by atoms with E-state index in [2.05, 4.69) is 17.5 Å². The fourth-order valence-electron chi connectivity index (χ4n) is 3.19. The molecule has 1 amide bonds. The van der Waals surface area contributed by atoms with Crippen molar-refractivity contribution >= 4 is 51.1 Å². The summed E-state index contributed by atoms with van der Waals surface area (Å²) in [6, 6.07) is 21.2. The first-order valence-electron chi connectivity index (χ1n) is 11.1. The predicted molar refractivity (Wildman–Crippen MR) is 140 cm³/mol. The topological polar surface area (TPSA) is 77.0 Å². The maximum absolute atomic E-state index is 12.6. The van der Waals surface area contributed by atoms with Gasteiger partial charge in [0.05, 0.1) is 17.8 Å². The number of nitrogens with one attached hydrogen (secondary N) is 1. The van der Waals surface area contributed by atoms with Gasteiger partial charge in [-0.1, -0.05) is 43.1 Å². The van der Waals surface area contributed by atoms with Crippen molar-refractivity contribution in [1.82, 2.24) is 5.43 Å². The van der Waals surface area contributed by atoms with E-state index in [0.29, 0.717) is 27.8 Å². The Hall–Kier alpha value is -3.68. The van der Waals surface area contributed by atoms with Crippen molar-refractivity contribution in [2.24, 2.45) is 5.10 Å². The van der Waals surface area contributed by atoms with E-state index in [4.69, 9.17) is 21.1 Å². The second-order valence-corrected chi connectivity index (χ2v) is 9.06. The van der Waals surface area contributed by atoms with Crippen molar-refractivity contribution in [3.05, 3.63) is 93.8 Å². The number of benzene rings is 3. The zero-order valence-corrected chi connectivity index (χ0v) is 20.6. The lowest BCUT2D eigenvalue weighted by Crippen LogP contribution is -2.17. The molecule has 178 valence electrons. The minimum absolute atomic E-state index is 0.327. The second-order valence-electron chi connectivity index (χ2n) is 7.63. The molecule has 8 heteroatoms. The summed E-state index contributed by atoms with van der Waals surface area (Å²) in [7, 11) is 0. The number of halogens is 1. The summed E-state index contributed by atoms with van der Waals surface area (Å²) in [6.45, 7) is 2.76. The van der Waals surface area contributed by atoms with Crippen LogP contribution in [0.5, 0.6) is 11.5 Å². The van der Waals surface area contributed by atoms with Crippen LogP contribution < -0.4 is 14.9 Å². The molecule has 0 spiro atoms. The van der Waals surface area contributed by atoms with Crippen molar-refractivity contribution in [3.8, 4) is 11.5 Å². The van der Waals surface area contributed by atoms with Crippen molar-refractivity contribution in [2.45, 2.75) is 19.8 Å². The number of thiophene rings is 1. The lowest BCUT2D eigenvalue weighted by molar-refractivity contribution is 0.0739. The monoisotopic (exact) mass is 506 g/mol. The highest BCUT2D eigenvalue weighted by molar-refractivity contribution is 7.21. The minimum Gasteiger partial charge on any atom is -0.494 e. The first kappa shape index (κ1) is 24.4. The maximum Gasteiger partial charge on any atom is 0.355 e. The van der Waals surface area contributed by atoms with Crippen LogP contribution in [0.1, 0.15) is 45.4 Å². The minimum atomic E-state index is -0.508. The first-order valence-corrected chi connectivity index (χ1v) is 12.3. The molecule has 0 aliphatic carbocycles. The molecule has 0 aliphatic rings. The highest BCUT2D eigenvalue weighted by Crippen LogP contribution is 2.35. The summed E-state index contributed by atoms with van der Waals surface area (Å²) < 4.78 is 12.0. The maximum atomic E-state index is 12.6. The van der Waals surface area contributed by atoms with Crippen LogP contribution in [0.15, 0.2) is 77.9 Å². The van der Waals surface area contributed by atoms with Gasteiger partial charge in [-0.05, 0) is 66.6 Å². The highest BCUT2D eigenvalue weighted by Gasteiger charge is 2.18. The van der Waals surface area contributed by atoms with E-state index in [1.165, 1.54) is 17.6 Å². The molecular weight excluding hydrogens is 484 g/mol. The van der Waals surface area contributed by atoms with Gasteiger partial charge in [-0.2, -0.15) is 5.10 Å². The molecule has 1 N–H and O–H groups in total. The van der Waals surface area contributed by atoms with Gasteiger partial charge in [0.15, 0.2) is 0 Å². The molecule has 6 nitrogen and oxygen atoms in total. The Morgan fingerprint density at radius 2 is 1.71 bits per heavy atom. The van der Waals surface area contributed by atoms with E-state index >= 15 is 0 Å². The van der Waals surface area contributed by atoms with Crippen molar-refractivity contribution < 1.29 is 19.1 Å². The van der Waals surface area contributed by atoms with Gasteiger partial charge in [-0.15, -0.1) is 11.3 Å². The van der Waals surface area contributed by atoms with Gasteiger partial charge >= 0.3 is 5.97 Å². The van der Waals surface area contributed by atoms with Gasteiger partial charge in [-0.3, -0.25) is 4.79 Å². The normalized spacial score (nSPS) is 11.0. The van der Waals surface area contributed by atoms with Crippen LogP contribution in [0.2, 0.25) is 5.02 Å². The lowest BCUT2D eigenvalue weighted by Gasteiger charge is -2.06. The highest BCUT2D eigenvalue weighted by atomic mass is 35.5. The molecule has 35 heavy (non-hydrogen) atoms. The summed E-state index contributed by atoms with van der Waals surface area (Å²) in [6.07, 6.45) is 3.56. The third-order valence-corrected chi connectivity index (χ3v) is 6.73. The quantitative estimate of drug-likeness (QED) is 0.0898. The number of hydrogen-bond acceptors (Lipinski definition) is 6. The summed E-state index contributed by atoms with van der Waals surface area (Å²) in [5.74, 6) is 0.277. The molecule has 0 atom stereocenters. The van der Waals surface area contributed by atoms with Gasteiger partial charge in [0, 0.05) is 15.6 Å². The number of hydrazone groups is 1. The molecular formula is C27H23ClN2O4S. The average molecular weight is 507 g/mol. The van der Waals surface area contributed by atoms with Crippen LogP contribution in [-0.4, -0.2) is 24.7 Å². The summed E-state index contributed by atoms with van der Waals surface area (Å²) in [5.41, 5.74) is 3.70. The standard InChI is InChI=1S/C27H23ClN2O4S/c1-2-3-16-33-20-14-10-19(11-15-20)26(31)30-29-17-18-8-12-21(13-9-18)34-27(32)25-24(28)22-6-4-5-7-23(22)35-25/h4-15,17H,2-3,16H2,1H3,(H,30,31). The van der Waals surface area contributed by atoms with Crippen molar-refractivity contribution in [2.75, 3.05) is 6.61 Å². The Kier molecular flexibility index (Phi) is 8.13. The molecule has 0 bridgehead atoms. The third kappa shape index (κ3) is 6.26. The molecule has 1 aromatic heterocycles. The number of rotatable bonds is 9. The number of ether oxygens (including phenoxy) is 2. The molecule has 4 aromatic rings. The van der Waals surface area contributed by atoms with Crippen LogP contribution in [0, 0.1) is 0 Å². The molecule has 0 saturated heterocycles. The number of amides is 1. The zero-order valence-electron chi connectivity index (χ0n) is 19.0. The Labute approximate surface area is 212 Å². The molecule has 0 aliphatic heterocycles. The largest absolute Gasteiger partial charge is 0.494 e. The van der Waals surface area contributed by atoms with E-state index < -0.39 is 5.97 Å². The van der Waals surface area contributed by atoms with E-state index in [0.717, 1.165) is 34.2 Å². The van der Waals surface area contributed by atoms with Crippen molar-refractivity contribution in [1.29, 1.82) is 0 Å². The van der Waals surface area contributed by atoms with Crippen LogP contribution in [0.25, 0.3) is 10.1 Å². The summed E-state index contributed by atoms with van der Waals surface area (Å²) in [5, 5.41) is 5.22.